The summed E-state index contributed by atoms with van der Waals surface area (Å²) in [5.74, 6) is 0.526. The lowest BCUT2D eigenvalue weighted by molar-refractivity contribution is -0.0728. The van der Waals surface area contributed by atoms with Crippen LogP contribution in [0.1, 0.15) is 37.0 Å². The number of likely N-dealkylation sites (tertiary alicyclic amines) is 1. The van der Waals surface area contributed by atoms with Crippen LogP contribution < -0.4 is 4.72 Å². The van der Waals surface area contributed by atoms with E-state index < -0.39 is 10.0 Å². The third-order valence-electron chi connectivity index (χ3n) is 6.33. The Morgan fingerprint density at radius 3 is 2.33 bits per heavy atom. The molecule has 0 spiro atoms. The van der Waals surface area contributed by atoms with Crippen molar-refractivity contribution in [2.45, 2.75) is 43.8 Å². The molecule has 0 radical (unpaired) electrons. The van der Waals surface area contributed by atoms with Crippen LogP contribution in [0, 0.1) is 5.92 Å². The molecule has 2 atom stereocenters. The summed E-state index contributed by atoms with van der Waals surface area (Å²) in [5.41, 5.74) is 0.882. The van der Waals surface area contributed by atoms with Crippen molar-refractivity contribution >= 4 is 21.6 Å². The molecular weight excluding hydrogens is 438 g/mol. The largest absolute Gasteiger partial charge is 0.373 e. The van der Waals surface area contributed by atoms with Crippen LogP contribution in [0.4, 0.5) is 5.69 Å². The average molecular weight is 472 g/mol. The van der Waals surface area contributed by atoms with Gasteiger partial charge in [-0.25, -0.2) is 8.42 Å². The Morgan fingerprint density at radius 1 is 1.00 bits per heavy atom. The van der Waals surface area contributed by atoms with Gasteiger partial charge in [0.05, 0.1) is 17.1 Å². The van der Waals surface area contributed by atoms with E-state index in [4.69, 9.17) is 4.74 Å². The Balaban J connectivity index is 1.34. The molecule has 0 aliphatic carbocycles. The minimum atomic E-state index is -3.70. The van der Waals surface area contributed by atoms with Gasteiger partial charge in [-0.05, 0) is 62.9 Å². The monoisotopic (exact) mass is 471 g/mol. The number of nitrogens with one attached hydrogen (secondary N) is 1. The highest BCUT2D eigenvalue weighted by Gasteiger charge is 2.28. The van der Waals surface area contributed by atoms with Gasteiger partial charge in [0.25, 0.3) is 15.9 Å². The zero-order valence-electron chi connectivity index (χ0n) is 19.3. The Bertz CT molecular complexity index is 1040. The van der Waals surface area contributed by atoms with Gasteiger partial charge in [-0.1, -0.05) is 24.3 Å². The topological polar surface area (TPSA) is 79.0 Å². The van der Waals surface area contributed by atoms with Crippen molar-refractivity contribution < 1.29 is 17.9 Å². The molecule has 1 N–H and O–H groups in total. The lowest BCUT2D eigenvalue weighted by atomic mass is 9.95. The number of amides is 1. The summed E-state index contributed by atoms with van der Waals surface area (Å²) in [4.78, 5) is 17.6. The van der Waals surface area contributed by atoms with Crippen LogP contribution in [-0.4, -0.2) is 69.1 Å². The van der Waals surface area contributed by atoms with Crippen LogP contribution in [0.5, 0.6) is 0 Å². The summed E-state index contributed by atoms with van der Waals surface area (Å²) in [6.07, 6.45) is 2.49. The van der Waals surface area contributed by atoms with E-state index >= 15 is 0 Å². The van der Waals surface area contributed by atoms with Gasteiger partial charge in [0.2, 0.25) is 0 Å². The Labute approximate surface area is 196 Å². The molecule has 0 aromatic heterocycles. The van der Waals surface area contributed by atoms with Crippen LogP contribution in [0.15, 0.2) is 59.5 Å². The van der Waals surface area contributed by atoms with Crippen molar-refractivity contribution in [3.05, 3.63) is 60.2 Å². The number of morpholine rings is 1. The SMILES string of the molecule is CC1CN(CC2CCN(C(=O)c3cccc(NS(=O)(=O)c4ccccc4)c3)CC2)CC(C)O1. The number of ether oxygens (including phenoxy) is 1. The summed E-state index contributed by atoms with van der Waals surface area (Å²) in [7, 11) is -3.70. The van der Waals surface area contributed by atoms with Gasteiger partial charge in [0.15, 0.2) is 0 Å². The molecule has 2 unspecified atom stereocenters. The fourth-order valence-electron chi connectivity index (χ4n) is 4.83. The molecule has 8 heteroatoms. The van der Waals surface area contributed by atoms with Gasteiger partial charge < -0.3 is 9.64 Å². The van der Waals surface area contributed by atoms with Crippen LogP contribution in [0.3, 0.4) is 0 Å². The number of benzene rings is 2. The lowest BCUT2D eigenvalue weighted by Gasteiger charge is -2.39. The maximum atomic E-state index is 13.1. The molecule has 0 saturated carbocycles. The standard InChI is InChI=1S/C25H33N3O4S/c1-19-16-27(17-20(2)32-19)18-21-11-13-28(14-12-21)25(29)22-7-6-8-23(15-22)26-33(30,31)24-9-4-3-5-10-24/h3-10,15,19-21,26H,11-14,16-18H2,1-2H3. The molecule has 7 nitrogen and oxygen atoms in total. The molecule has 178 valence electrons. The first kappa shape index (κ1) is 23.7. The maximum absolute atomic E-state index is 13.1. The second kappa shape index (κ2) is 10.2. The third kappa shape index (κ3) is 6.13. The summed E-state index contributed by atoms with van der Waals surface area (Å²) >= 11 is 0. The maximum Gasteiger partial charge on any atom is 0.261 e. The van der Waals surface area contributed by atoms with Gasteiger partial charge in [-0.2, -0.15) is 0 Å². The van der Waals surface area contributed by atoms with E-state index in [1.807, 2.05) is 4.90 Å². The highest BCUT2D eigenvalue weighted by Crippen LogP contribution is 2.23. The quantitative estimate of drug-likeness (QED) is 0.698. The van der Waals surface area contributed by atoms with E-state index in [0.717, 1.165) is 45.6 Å². The number of carbonyl (C=O) groups is 1. The van der Waals surface area contributed by atoms with E-state index in [1.165, 1.54) is 0 Å². The number of rotatable bonds is 6. The Hall–Kier alpha value is -2.42. The second-order valence-electron chi connectivity index (χ2n) is 9.21. The first-order valence-corrected chi connectivity index (χ1v) is 13.1. The van der Waals surface area contributed by atoms with E-state index in [2.05, 4.69) is 23.5 Å². The van der Waals surface area contributed by atoms with Crippen molar-refractivity contribution in [3.63, 3.8) is 0 Å². The number of carbonyl (C=O) groups excluding carboxylic acids is 1. The number of anilines is 1. The summed E-state index contributed by atoms with van der Waals surface area (Å²) < 4.78 is 33.6. The second-order valence-corrected chi connectivity index (χ2v) is 10.9. The molecular formula is C25H33N3O4S. The fourth-order valence-corrected chi connectivity index (χ4v) is 5.90. The van der Waals surface area contributed by atoms with Gasteiger partial charge in [-0.3, -0.25) is 14.4 Å². The first-order valence-electron chi connectivity index (χ1n) is 11.6. The Morgan fingerprint density at radius 2 is 1.67 bits per heavy atom. The number of hydrogen-bond donors (Lipinski definition) is 1. The average Bonchev–Trinajstić information content (AvgIpc) is 2.79. The van der Waals surface area contributed by atoms with Crippen molar-refractivity contribution in [2.75, 3.05) is 37.4 Å². The van der Waals surface area contributed by atoms with Crippen LogP contribution >= 0.6 is 0 Å². The number of hydrogen-bond acceptors (Lipinski definition) is 5. The minimum Gasteiger partial charge on any atom is -0.373 e. The number of piperidine rings is 1. The summed E-state index contributed by atoms with van der Waals surface area (Å²) in [6, 6.07) is 14.9. The number of sulfonamides is 1. The Kier molecular flexibility index (Phi) is 7.36. The first-order chi connectivity index (χ1) is 15.8. The van der Waals surface area contributed by atoms with Crippen molar-refractivity contribution in [1.29, 1.82) is 0 Å². The summed E-state index contributed by atoms with van der Waals surface area (Å²) in [6.45, 7) is 8.68. The molecule has 33 heavy (non-hydrogen) atoms. The third-order valence-corrected chi connectivity index (χ3v) is 7.73. The molecule has 2 aromatic rings. The summed E-state index contributed by atoms with van der Waals surface area (Å²) in [5, 5.41) is 0. The van der Waals surface area contributed by atoms with Gasteiger partial charge >= 0.3 is 0 Å². The molecule has 1 amide bonds. The van der Waals surface area contributed by atoms with Gasteiger partial charge in [-0.15, -0.1) is 0 Å². The molecule has 2 heterocycles. The predicted octanol–water partition coefficient (Wildman–Crippen LogP) is 3.45. The van der Waals surface area contributed by atoms with Crippen molar-refractivity contribution in [1.82, 2.24) is 9.80 Å². The van der Waals surface area contributed by atoms with Gasteiger partial charge in [0.1, 0.15) is 0 Å². The van der Waals surface area contributed by atoms with Crippen LogP contribution in [0.25, 0.3) is 0 Å². The molecule has 2 aliphatic rings. The number of nitrogens with zero attached hydrogens (tertiary/aromatic N) is 2. The van der Waals surface area contributed by atoms with Crippen LogP contribution in [0.2, 0.25) is 0 Å². The normalized spacial score (nSPS) is 22.8. The van der Waals surface area contributed by atoms with E-state index in [9.17, 15) is 13.2 Å². The van der Waals surface area contributed by atoms with Crippen molar-refractivity contribution in [2.24, 2.45) is 5.92 Å². The predicted molar refractivity (Wildman–Crippen MR) is 129 cm³/mol. The molecule has 2 aromatic carbocycles. The smallest absolute Gasteiger partial charge is 0.261 e. The van der Waals surface area contributed by atoms with Crippen molar-refractivity contribution in [3.8, 4) is 0 Å². The van der Waals surface area contributed by atoms with Crippen LogP contribution in [-0.2, 0) is 14.8 Å². The molecule has 0 bridgehead atoms. The molecule has 2 aliphatic heterocycles. The highest BCUT2D eigenvalue weighted by molar-refractivity contribution is 7.92. The zero-order valence-corrected chi connectivity index (χ0v) is 20.1. The van der Waals surface area contributed by atoms with E-state index in [-0.39, 0.29) is 23.0 Å². The molecule has 2 saturated heterocycles. The minimum absolute atomic E-state index is 0.0529. The van der Waals surface area contributed by atoms with Gasteiger partial charge in [0, 0.05) is 44.0 Å². The molecule has 2 fully saturated rings. The highest BCUT2D eigenvalue weighted by atomic mass is 32.2. The van der Waals surface area contributed by atoms with E-state index in [1.54, 1.807) is 54.6 Å². The zero-order chi connectivity index (χ0) is 23.4. The lowest BCUT2D eigenvalue weighted by Crippen LogP contribution is -2.48. The molecule has 4 rings (SSSR count). The fraction of sp³-hybridized carbons (Fsp3) is 0.480. The van der Waals surface area contributed by atoms with E-state index in [0.29, 0.717) is 17.2 Å².